The minimum absolute atomic E-state index is 0.213. The van der Waals surface area contributed by atoms with Gasteiger partial charge in [-0.15, -0.1) is 0 Å². The second kappa shape index (κ2) is 11.5. The SMILES string of the molecule is COc1ccc(NC(=O)C(CCC2CC2)NC(=O)c2ccc(CC3CCN(C)CC3)cc2)cn1. The van der Waals surface area contributed by atoms with Crippen LogP contribution in [0.5, 0.6) is 5.88 Å². The van der Waals surface area contributed by atoms with Crippen molar-refractivity contribution in [1.82, 2.24) is 15.2 Å². The number of aromatic nitrogens is 1. The topological polar surface area (TPSA) is 83.6 Å². The molecule has 0 radical (unpaired) electrons. The summed E-state index contributed by atoms with van der Waals surface area (Å²) in [6.07, 6.45) is 9.04. The van der Waals surface area contributed by atoms with Crippen LogP contribution in [0.25, 0.3) is 0 Å². The average molecular weight is 465 g/mol. The number of anilines is 1. The molecule has 1 aromatic heterocycles. The molecule has 7 nitrogen and oxygen atoms in total. The Bertz CT molecular complexity index is 949. The third-order valence-electron chi connectivity index (χ3n) is 6.97. The zero-order valence-corrected chi connectivity index (χ0v) is 20.3. The first-order chi connectivity index (χ1) is 16.5. The molecule has 1 aliphatic heterocycles. The maximum Gasteiger partial charge on any atom is 0.251 e. The Morgan fingerprint density at radius 2 is 1.79 bits per heavy atom. The first kappa shape index (κ1) is 24.2. The van der Waals surface area contributed by atoms with E-state index in [4.69, 9.17) is 4.74 Å². The van der Waals surface area contributed by atoms with Gasteiger partial charge in [-0.2, -0.15) is 0 Å². The number of methoxy groups -OCH3 is 1. The van der Waals surface area contributed by atoms with Gasteiger partial charge in [-0.3, -0.25) is 9.59 Å². The lowest BCUT2D eigenvalue weighted by molar-refractivity contribution is -0.118. The number of carbonyl (C=O) groups is 2. The minimum Gasteiger partial charge on any atom is -0.481 e. The van der Waals surface area contributed by atoms with Crippen LogP contribution in [0.1, 0.15) is 54.4 Å². The maximum absolute atomic E-state index is 13.0. The van der Waals surface area contributed by atoms with Gasteiger partial charge in [0.2, 0.25) is 11.8 Å². The highest BCUT2D eigenvalue weighted by atomic mass is 16.5. The van der Waals surface area contributed by atoms with Crippen LogP contribution in [0.3, 0.4) is 0 Å². The van der Waals surface area contributed by atoms with Gasteiger partial charge < -0.3 is 20.3 Å². The van der Waals surface area contributed by atoms with Crippen LogP contribution in [0, 0.1) is 11.8 Å². The smallest absolute Gasteiger partial charge is 0.251 e. The molecule has 0 bridgehead atoms. The minimum atomic E-state index is -0.589. The van der Waals surface area contributed by atoms with E-state index in [1.807, 2.05) is 12.1 Å². The van der Waals surface area contributed by atoms with Gasteiger partial charge in [-0.05, 0) is 87.8 Å². The van der Waals surface area contributed by atoms with E-state index in [9.17, 15) is 9.59 Å². The number of piperidine rings is 1. The van der Waals surface area contributed by atoms with E-state index in [0.29, 0.717) is 35.4 Å². The van der Waals surface area contributed by atoms with Crippen molar-refractivity contribution in [2.75, 3.05) is 32.6 Å². The molecule has 1 saturated carbocycles. The van der Waals surface area contributed by atoms with Crippen molar-refractivity contribution in [2.24, 2.45) is 11.8 Å². The van der Waals surface area contributed by atoms with E-state index >= 15 is 0 Å². The van der Waals surface area contributed by atoms with Crippen molar-refractivity contribution in [1.29, 1.82) is 0 Å². The van der Waals surface area contributed by atoms with E-state index in [1.54, 1.807) is 25.4 Å². The van der Waals surface area contributed by atoms with Crippen molar-refractivity contribution >= 4 is 17.5 Å². The summed E-state index contributed by atoms with van der Waals surface area (Å²) >= 11 is 0. The second-order valence-electron chi connectivity index (χ2n) is 9.77. The van der Waals surface area contributed by atoms with Gasteiger partial charge in [0.15, 0.2) is 0 Å². The largest absolute Gasteiger partial charge is 0.481 e. The number of nitrogens with zero attached hydrogens (tertiary/aromatic N) is 2. The third kappa shape index (κ3) is 7.03. The molecule has 182 valence electrons. The highest BCUT2D eigenvalue weighted by molar-refractivity contribution is 6.01. The van der Waals surface area contributed by atoms with Gasteiger partial charge in [-0.25, -0.2) is 4.98 Å². The molecule has 1 saturated heterocycles. The molecule has 0 spiro atoms. The van der Waals surface area contributed by atoms with Gasteiger partial charge in [0.05, 0.1) is 19.0 Å². The Morgan fingerprint density at radius 1 is 1.06 bits per heavy atom. The summed E-state index contributed by atoms with van der Waals surface area (Å²) in [5.41, 5.74) is 2.43. The summed E-state index contributed by atoms with van der Waals surface area (Å²) in [7, 11) is 3.72. The molecule has 7 heteroatoms. The normalized spacial score (nSPS) is 17.7. The lowest BCUT2D eigenvalue weighted by Gasteiger charge is -2.29. The number of rotatable bonds is 10. The average Bonchev–Trinajstić information content (AvgIpc) is 3.68. The standard InChI is InChI=1S/C27H36N4O3/c1-31-15-13-21(14-16-31)17-20-5-8-22(9-6-20)26(32)30-24(11-7-19-3-4-19)27(33)29-23-10-12-25(34-2)28-18-23/h5-6,8-10,12,18-19,21,24H,3-4,7,11,13-17H2,1-2H3,(H,29,33)(H,30,32). The molecule has 2 N–H and O–H groups in total. The molecule has 2 amide bonds. The predicted molar refractivity (Wildman–Crippen MR) is 133 cm³/mol. The molecular formula is C27H36N4O3. The van der Waals surface area contributed by atoms with Gasteiger partial charge >= 0.3 is 0 Å². The Hall–Kier alpha value is -2.93. The fourth-order valence-corrected chi connectivity index (χ4v) is 4.52. The Balaban J connectivity index is 1.34. The first-order valence-electron chi connectivity index (χ1n) is 12.4. The monoisotopic (exact) mass is 464 g/mol. The highest BCUT2D eigenvalue weighted by Gasteiger charge is 2.27. The van der Waals surface area contributed by atoms with Crippen LogP contribution in [-0.4, -0.2) is 55.0 Å². The molecule has 2 fully saturated rings. The molecule has 1 aromatic carbocycles. The number of carbonyl (C=O) groups excluding carboxylic acids is 2. The van der Waals surface area contributed by atoms with E-state index < -0.39 is 6.04 Å². The van der Waals surface area contributed by atoms with Crippen LogP contribution >= 0.6 is 0 Å². The Morgan fingerprint density at radius 3 is 2.41 bits per heavy atom. The fraction of sp³-hybridized carbons (Fsp3) is 0.519. The number of benzene rings is 1. The van der Waals surface area contributed by atoms with E-state index in [1.165, 1.54) is 31.2 Å². The molecular weight excluding hydrogens is 428 g/mol. The van der Waals surface area contributed by atoms with Crippen LogP contribution < -0.4 is 15.4 Å². The van der Waals surface area contributed by atoms with Crippen molar-refractivity contribution in [3.8, 4) is 5.88 Å². The number of likely N-dealkylation sites (tertiary alicyclic amines) is 1. The number of amides is 2. The van der Waals surface area contributed by atoms with Gasteiger partial charge in [-0.1, -0.05) is 25.0 Å². The van der Waals surface area contributed by atoms with Crippen molar-refractivity contribution in [3.05, 3.63) is 53.7 Å². The molecule has 4 rings (SSSR count). The first-order valence-corrected chi connectivity index (χ1v) is 12.4. The van der Waals surface area contributed by atoms with Gasteiger partial charge in [0.1, 0.15) is 6.04 Å². The number of pyridine rings is 1. The summed E-state index contributed by atoms with van der Waals surface area (Å²) in [4.78, 5) is 32.5. The summed E-state index contributed by atoms with van der Waals surface area (Å²) in [5, 5.41) is 5.84. The lowest BCUT2D eigenvalue weighted by Crippen LogP contribution is -2.43. The van der Waals surface area contributed by atoms with E-state index in [2.05, 4.69) is 39.7 Å². The van der Waals surface area contributed by atoms with Crippen molar-refractivity contribution in [3.63, 3.8) is 0 Å². The van der Waals surface area contributed by atoms with Gasteiger partial charge in [0, 0.05) is 11.6 Å². The molecule has 2 heterocycles. The van der Waals surface area contributed by atoms with Crippen LogP contribution in [-0.2, 0) is 11.2 Å². The fourth-order valence-electron chi connectivity index (χ4n) is 4.52. The molecule has 1 atom stereocenters. The second-order valence-corrected chi connectivity index (χ2v) is 9.77. The summed E-state index contributed by atoms with van der Waals surface area (Å²) in [6, 6.07) is 10.7. The van der Waals surface area contributed by atoms with Crippen LogP contribution in [0.15, 0.2) is 42.6 Å². The number of hydrogen-bond acceptors (Lipinski definition) is 5. The van der Waals surface area contributed by atoms with E-state index in [0.717, 1.165) is 25.9 Å². The molecule has 2 aromatic rings. The Kier molecular flexibility index (Phi) is 8.16. The number of hydrogen-bond donors (Lipinski definition) is 2. The molecule has 2 aliphatic rings. The number of nitrogens with one attached hydrogen (secondary N) is 2. The molecule has 34 heavy (non-hydrogen) atoms. The lowest BCUT2D eigenvalue weighted by atomic mass is 9.90. The van der Waals surface area contributed by atoms with Gasteiger partial charge in [0.25, 0.3) is 5.91 Å². The summed E-state index contributed by atoms with van der Waals surface area (Å²) in [6.45, 7) is 2.31. The number of ether oxygens (including phenoxy) is 1. The summed E-state index contributed by atoms with van der Waals surface area (Å²) in [5.74, 6) is 1.43. The zero-order valence-electron chi connectivity index (χ0n) is 20.3. The predicted octanol–water partition coefficient (Wildman–Crippen LogP) is 3.90. The van der Waals surface area contributed by atoms with Crippen molar-refractivity contribution in [2.45, 2.75) is 51.0 Å². The quantitative estimate of drug-likeness (QED) is 0.557. The van der Waals surface area contributed by atoms with E-state index in [-0.39, 0.29) is 11.8 Å². The van der Waals surface area contributed by atoms with Crippen LogP contribution in [0.2, 0.25) is 0 Å². The van der Waals surface area contributed by atoms with Crippen molar-refractivity contribution < 1.29 is 14.3 Å². The highest BCUT2D eigenvalue weighted by Crippen LogP contribution is 2.34. The Labute approximate surface area is 202 Å². The van der Waals surface area contributed by atoms with Crippen LogP contribution in [0.4, 0.5) is 5.69 Å². The summed E-state index contributed by atoms with van der Waals surface area (Å²) < 4.78 is 5.07. The maximum atomic E-state index is 13.0. The molecule has 1 aliphatic carbocycles. The zero-order chi connectivity index (χ0) is 23.9. The molecule has 1 unspecified atom stereocenters. The third-order valence-corrected chi connectivity index (χ3v) is 6.97.